The molecule has 0 radical (unpaired) electrons. The number of carbonyl (C=O) groups excluding carboxylic acids is 2. The zero-order valence-corrected chi connectivity index (χ0v) is 17.4. The predicted octanol–water partition coefficient (Wildman–Crippen LogP) is 2.68. The van der Waals surface area contributed by atoms with Crippen LogP contribution in [-0.4, -0.2) is 53.5 Å². The molecule has 0 saturated carbocycles. The molecule has 2 amide bonds. The first-order valence-corrected chi connectivity index (χ1v) is 10.2. The van der Waals surface area contributed by atoms with Crippen molar-refractivity contribution in [1.29, 1.82) is 0 Å². The van der Waals surface area contributed by atoms with Crippen LogP contribution in [0.3, 0.4) is 0 Å². The van der Waals surface area contributed by atoms with E-state index in [1.165, 1.54) is 0 Å². The van der Waals surface area contributed by atoms with Crippen molar-refractivity contribution in [3.05, 3.63) is 54.4 Å². The third-order valence-corrected chi connectivity index (χ3v) is 5.23. The molecule has 6 nitrogen and oxygen atoms in total. The smallest absolute Gasteiger partial charge is 0.254 e. The van der Waals surface area contributed by atoms with Crippen LogP contribution in [0.5, 0.6) is 0 Å². The van der Waals surface area contributed by atoms with Crippen molar-refractivity contribution in [3.8, 4) is 11.1 Å². The molecule has 1 atom stereocenters. The summed E-state index contributed by atoms with van der Waals surface area (Å²) < 4.78 is 6.12. The minimum absolute atomic E-state index is 0.0457. The molecule has 1 fully saturated rings. The van der Waals surface area contributed by atoms with E-state index in [2.05, 4.69) is 10.3 Å². The van der Waals surface area contributed by atoms with Crippen LogP contribution in [0, 0.1) is 5.92 Å². The van der Waals surface area contributed by atoms with Gasteiger partial charge in [-0.2, -0.15) is 0 Å². The highest BCUT2D eigenvalue weighted by molar-refractivity contribution is 5.88. The Morgan fingerprint density at radius 1 is 1.21 bits per heavy atom. The van der Waals surface area contributed by atoms with Crippen molar-refractivity contribution in [1.82, 2.24) is 15.2 Å². The number of benzene rings is 1. The van der Waals surface area contributed by atoms with E-state index in [9.17, 15) is 9.59 Å². The summed E-state index contributed by atoms with van der Waals surface area (Å²) in [5.41, 5.74) is 1.97. The van der Waals surface area contributed by atoms with Gasteiger partial charge in [0, 0.05) is 37.8 Å². The van der Waals surface area contributed by atoms with Crippen LogP contribution in [-0.2, 0) is 20.7 Å². The van der Waals surface area contributed by atoms with Gasteiger partial charge in [-0.05, 0) is 35.7 Å². The van der Waals surface area contributed by atoms with Crippen molar-refractivity contribution in [2.75, 3.05) is 26.2 Å². The molecule has 0 unspecified atom stereocenters. The molecular formula is C23H29N3O3. The van der Waals surface area contributed by atoms with Crippen molar-refractivity contribution in [2.45, 2.75) is 32.8 Å². The molecule has 1 aromatic carbocycles. The molecule has 154 valence electrons. The lowest BCUT2D eigenvalue weighted by Gasteiger charge is -2.42. The van der Waals surface area contributed by atoms with Crippen LogP contribution in [0.2, 0.25) is 0 Å². The standard InChI is InChI=1S/C23H29N3O3/c1-4-25-22(28)23(16-26(13-14-29-23)21(27)17(2)3)15-19-7-5-6-8-20(19)18-9-11-24-12-10-18/h5-12,17H,4,13-16H2,1-3H3,(H,25,28)/t23-/m0/s1. The number of nitrogens with one attached hydrogen (secondary N) is 1. The molecule has 1 aromatic heterocycles. The molecule has 29 heavy (non-hydrogen) atoms. The Balaban J connectivity index is 1.97. The Labute approximate surface area is 172 Å². The Bertz CT molecular complexity index is 853. The second kappa shape index (κ2) is 9.18. The number of carbonyl (C=O) groups is 2. The summed E-state index contributed by atoms with van der Waals surface area (Å²) in [6, 6.07) is 11.9. The van der Waals surface area contributed by atoms with Gasteiger partial charge in [0.1, 0.15) is 0 Å². The number of morpholine rings is 1. The predicted molar refractivity (Wildman–Crippen MR) is 112 cm³/mol. The van der Waals surface area contributed by atoms with E-state index < -0.39 is 5.60 Å². The molecule has 6 heteroatoms. The van der Waals surface area contributed by atoms with Gasteiger partial charge in [-0.3, -0.25) is 14.6 Å². The SMILES string of the molecule is CCNC(=O)[C@]1(Cc2ccccc2-c2ccncc2)CN(C(=O)C(C)C)CCO1. The fourth-order valence-corrected chi connectivity index (χ4v) is 3.78. The first-order chi connectivity index (χ1) is 14.0. The fraction of sp³-hybridized carbons (Fsp3) is 0.435. The van der Waals surface area contributed by atoms with Gasteiger partial charge < -0.3 is 15.0 Å². The maximum atomic E-state index is 13.1. The number of likely N-dealkylation sites (N-methyl/N-ethyl adjacent to an activating group) is 1. The van der Waals surface area contributed by atoms with Crippen molar-refractivity contribution in [2.24, 2.45) is 5.92 Å². The lowest BCUT2D eigenvalue weighted by Crippen LogP contribution is -2.62. The molecule has 2 heterocycles. The lowest BCUT2D eigenvalue weighted by atomic mass is 9.87. The number of pyridine rings is 1. The fourth-order valence-electron chi connectivity index (χ4n) is 3.78. The van der Waals surface area contributed by atoms with Crippen molar-refractivity contribution in [3.63, 3.8) is 0 Å². The second-order valence-corrected chi connectivity index (χ2v) is 7.69. The number of ether oxygens (including phenoxy) is 1. The highest BCUT2D eigenvalue weighted by Crippen LogP contribution is 2.30. The lowest BCUT2D eigenvalue weighted by molar-refractivity contribution is -0.167. The zero-order valence-electron chi connectivity index (χ0n) is 17.4. The van der Waals surface area contributed by atoms with Crippen molar-refractivity contribution < 1.29 is 14.3 Å². The topological polar surface area (TPSA) is 71.5 Å². The molecule has 2 aromatic rings. The monoisotopic (exact) mass is 395 g/mol. The van der Waals surface area contributed by atoms with E-state index in [-0.39, 0.29) is 24.3 Å². The van der Waals surface area contributed by atoms with Gasteiger partial charge >= 0.3 is 0 Å². The Kier molecular flexibility index (Phi) is 6.64. The van der Waals surface area contributed by atoms with Crippen LogP contribution < -0.4 is 5.32 Å². The van der Waals surface area contributed by atoms with E-state index in [0.717, 1.165) is 16.7 Å². The van der Waals surface area contributed by atoms with E-state index in [4.69, 9.17) is 4.74 Å². The molecule has 0 aliphatic carbocycles. The van der Waals surface area contributed by atoms with Crippen LogP contribution in [0.1, 0.15) is 26.3 Å². The Hall–Kier alpha value is -2.73. The highest BCUT2D eigenvalue weighted by Gasteiger charge is 2.45. The van der Waals surface area contributed by atoms with Crippen LogP contribution in [0.25, 0.3) is 11.1 Å². The second-order valence-electron chi connectivity index (χ2n) is 7.69. The molecule has 1 saturated heterocycles. The largest absolute Gasteiger partial charge is 0.361 e. The average molecular weight is 396 g/mol. The van der Waals surface area contributed by atoms with E-state index in [1.54, 1.807) is 17.3 Å². The normalized spacial score (nSPS) is 19.2. The highest BCUT2D eigenvalue weighted by atomic mass is 16.5. The number of rotatable bonds is 6. The van der Waals surface area contributed by atoms with E-state index >= 15 is 0 Å². The van der Waals surface area contributed by atoms with Gasteiger partial charge in [-0.1, -0.05) is 38.1 Å². The molecule has 3 rings (SSSR count). The number of amides is 2. The summed E-state index contributed by atoms with van der Waals surface area (Å²) in [7, 11) is 0. The molecule has 0 spiro atoms. The minimum atomic E-state index is -1.11. The summed E-state index contributed by atoms with van der Waals surface area (Å²) in [6.45, 7) is 7.25. The average Bonchev–Trinajstić information content (AvgIpc) is 2.74. The van der Waals surface area contributed by atoms with Gasteiger partial charge in [0.25, 0.3) is 5.91 Å². The third kappa shape index (κ3) is 4.65. The van der Waals surface area contributed by atoms with Gasteiger partial charge in [0.05, 0.1) is 13.2 Å². The number of hydrogen-bond acceptors (Lipinski definition) is 4. The Morgan fingerprint density at radius 2 is 1.93 bits per heavy atom. The van der Waals surface area contributed by atoms with Gasteiger partial charge in [-0.25, -0.2) is 0 Å². The first-order valence-electron chi connectivity index (χ1n) is 10.2. The minimum Gasteiger partial charge on any atom is -0.361 e. The van der Waals surface area contributed by atoms with E-state index in [0.29, 0.717) is 26.1 Å². The van der Waals surface area contributed by atoms with Crippen molar-refractivity contribution >= 4 is 11.8 Å². The van der Waals surface area contributed by atoms with Crippen LogP contribution in [0.4, 0.5) is 0 Å². The summed E-state index contributed by atoms with van der Waals surface area (Å²) in [5.74, 6) is -0.251. The van der Waals surface area contributed by atoms with Gasteiger partial charge in [0.15, 0.2) is 5.60 Å². The molecule has 1 aliphatic rings. The van der Waals surface area contributed by atoms with Gasteiger partial charge in [0.2, 0.25) is 5.91 Å². The summed E-state index contributed by atoms with van der Waals surface area (Å²) in [6.07, 6.45) is 3.90. The molecule has 1 N–H and O–H groups in total. The maximum Gasteiger partial charge on any atom is 0.254 e. The summed E-state index contributed by atoms with van der Waals surface area (Å²) >= 11 is 0. The summed E-state index contributed by atoms with van der Waals surface area (Å²) in [5, 5.41) is 2.91. The summed E-state index contributed by atoms with van der Waals surface area (Å²) in [4.78, 5) is 31.6. The van der Waals surface area contributed by atoms with Gasteiger partial charge in [-0.15, -0.1) is 0 Å². The van der Waals surface area contributed by atoms with E-state index in [1.807, 2.05) is 57.2 Å². The number of hydrogen-bond donors (Lipinski definition) is 1. The van der Waals surface area contributed by atoms with Crippen LogP contribution in [0.15, 0.2) is 48.8 Å². The number of nitrogens with zero attached hydrogens (tertiary/aromatic N) is 2. The quantitative estimate of drug-likeness (QED) is 0.816. The third-order valence-electron chi connectivity index (χ3n) is 5.23. The zero-order chi connectivity index (χ0) is 20.9. The number of aromatic nitrogens is 1. The Morgan fingerprint density at radius 3 is 2.62 bits per heavy atom. The molecule has 1 aliphatic heterocycles. The first kappa shape index (κ1) is 21.0. The molecular weight excluding hydrogens is 366 g/mol. The molecule has 0 bridgehead atoms. The maximum absolute atomic E-state index is 13.1. The van der Waals surface area contributed by atoms with Crippen LogP contribution >= 0.6 is 0 Å².